The normalized spacial score (nSPS) is 32.1. The number of fused-ring (bicyclic) bond motifs is 1. The average molecular weight is 245 g/mol. The lowest BCUT2D eigenvalue weighted by Crippen LogP contribution is -2.29. The van der Waals surface area contributed by atoms with Crippen molar-refractivity contribution in [3.8, 4) is 0 Å². The van der Waals surface area contributed by atoms with Crippen molar-refractivity contribution < 1.29 is 0 Å². The van der Waals surface area contributed by atoms with Crippen LogP contribution < -0.4 is 0 Å². The maximum absolute atomic E-state index is 4.34. The van der Waals surface area contributed by atoms with Gasteiger partial charge in [-0.1, -0.05) is 0 Å². The predicted molar refractivity (Wildman–Crippen MR) is 72.4 cm³/mol. The van der Waals surface area contributed by atoms with E-state index in [1.807, 2.05) is 19.3 Å². The summed E-state index contributed by atoms with van der Waals surface area (Å²) in [6.45, 7) is 9.17. The van der Waals surface area contributed by atoms with Crippen molar-refractivity contribution in [3.05, 3.63) is 23.8 Å². The van der Waals surface area contributed by atoms with Crippen LogP contribution in [0.3, 0.4) is 0 Å². The third-order valence-corrected chi connectivity index (χ3v) is 4.78. The highest BCUT2D eigenvalue weighted by atomic mass is 15.2. The summed E-state index contributed by atoms with van der Waals surface area (Å²) in [5.74, 6) is 3.38. The van der Waals surface area contributed by atoms with Crippen LogP contribution in [-0.2, 0) is 0 Å². The molecule has 0 spiro atoms. The lowest BCUT2D eigenvalue weighted by Gasteiger charge is -2.22. The van der Waals surface area contributed by atoms with Crippen LogP contribution in [-0.4, -0.2) is 34.0 Å². The van der Waals surface area contributed by atoms with Crippen molar-refractivity contribution in [1.82, 2.24) is 14.9 Å². The van der Waals surface area contributed by atoms with Gasteiger partial charge < -0.3 is 4.90 Å². The molecule has 18 heavy (non-hydrogen) atoms. The Bertz CT molecular complexity index is 398. The first-order valence-corrected chi connectivity index (χ1v) is 7.16. The molecular formula is C15H23N3. The van der Waals surface area contributed by atoms with E-state index in [2.05, 4.69) is 28.7 Å². The van der Waals surface area contributed by atoms with Gasteiger partial charge in [0.1, 0.15) is 5.82 Å². The minimum atomic E-state index is 0.704. The Kier molecular flexibility index (Phi) is 3.10. The summed E-state index contributed by atoms with van der Waals surface area (Å²) in [5, 5.41) is 0. The number of aryl methyl sites for hydroxylation is 1. The number of likely N-dealkylation sites (tertiary alicyclic amines) is 1. The summed E-state index contributed by atoms with van der Waals surface area (Å²) in [6.07, 6.45) is 6.74. The second kappa shape index (κ2) is 4.61. The molecule has 0 N–H and O–H groups in total. The van der Waals surface area contributed by atoms with Crippen LogP contribution in [0.25, 0.3) is 0 Å². The number of nitrogens with zero attached hydrogens (tertiary/aromatic N) is 3. The number of hydrogen-bond acceptors (Lipinski definition) is 3. The minimum absolute atomic E-state index is 0.704. The van der Waals surface area contributed by atoms with E-state index < -0.39 is 0 Å². The molecule has 2 heterocycles. The predicted octanol–water partition coefficient (Wildman–Crippen LogP) is 2.62. The summed E-state index contributed by atoms with van der Waals surface area (Å²) in [6, 6.07) is 0.705. The Morgan fingerprint density at radius 3 is 2.17 bits per heavy atom. The summed E-state index contributed by atoms with van der Waals surface area (Å²) in [4.78, 5) is 11.3. The van der Waals surface area contributed by atoms with Gasteiger partial charge in [-0.25, -0.2) is 9.97 Å². The third kappa shape index (κ3) is 2.16. The Balaban J connectivity index is 1.66. The number of hydrogen-bond donors (Lipinski definition) is 0. The van der Waals surface area contributed by atoms with E-state index in [0.29, 0.717) is 12.0 Å². The second-order valence-corrected chi connectivity index (χ2v) is 6.30. The van der Waals surface area contributed by atoms with Gasteiger partial charge in [0, 0.05) is 31.5 Å². The first-order valence-electron chi connectivity index (χ1n) is 7.16. The maximum Gasteiger partial charge on any atom is 0.125 e. The fraction of sp³-hybridized carbons (Fsp3) is 0.733. The van der Waals surface area contributed by atoms with E-state index in [1.54, 1.807) is 0 Å². The molecule has 0 bridgehead atoms. The van der Waals surface area contributed by atoms with E-state index in [-0.39, 0.29) is 0 Å². The van der Waals surface area contributed by atoms with Gasteiger partial charge in [-0.3, -0.25) is 0 Å². The van der Waals surface area contributed by atoms with Gasteiger partial charge in [0.15, 0.2) is 0 Å². The molecule has 1 aliphatic heterocycles. The maximum atomic E-state index is 4.34. The molecule has 0 aromatic carbocycles. The van der Waals surface area contributed by atoms with Crippen molar-refractivity contribution in [2.24, 2.45) is 11.8 Å². The van der Waals surface area contributed by atoms with Gasteiger partial charge in [-0.15, -0.1) is 0 Å². The SMILES string of the molecule is Cc1ncc(C2CC3CN(C(C)C)CC3C2)cn1. The summed E-state index contributed by atoms with van der Waals surface area (Å²) in [5.41, 5.74) is 1.35. The van der Waals surface area contributed by atoms with Crippen LogP contribution >= 0.6 is 0 Å². The van der Waals surface area contributed by atoms with Gasteiger partial charge >= 0.3 is 0 Å². The van der Waals surface area contributed by atoms with Gasteiger partial charge in [0.25, 0.3) is 0 Å². The standard InChI is InChI=1S/C15H23N3/c1-10(2)18-8-13-4-12(5-14(13)9-18)15-6-16-11(3)17-7-15/h6-7,10,12-14H,4-5,8-9H2,1-3H3. The summed E-state index contributed by atoms with van der Waals surface area (Å²) < 4.78 is 0. The number of aromatic nitrogens is 2. The van der Waals surface area contributed by atoms with E-state index in [0.717, 1.165) is 17.7 Å². The fourth-order valence-corrected chi connectivity index (χ4v) is 3.64. The molecule has 2 unspecified atom stereocenters. The summed E-state index contributed by atoms with van der Waals surface area (Å²) in [7, 11) is 0. The molecule has 3 heteroatoms. The van der Waals surface area contributed by atoms with Crippen LogP contribution in [0.2, 0.25) is 0 Å². The van der Waals surface area contributed by atoms with Gasteiger partial charge in [0.2, 0.25) is 0 Å². The van der Waals surface area contributed by atoms with Crippen LogP contribution in [0.15, 0.2) is 12.4 Å². The molecule has 1 aromatic heterocycles. The Hall–Kier alpha value is -0.960. The second-order valence-electron chi connectivity index (χ2n) is 6.30. The number of rotatable bonds is 2. The Morgan fingerprint density at radius 2 is 1.67 bits per heavy atom. The highest BCUT2D eigenvalue weighted by molar-refractivity contribution is 5.15. The third-order valence-electron chi connectivity index (χ3n) is 4.78. The van der Waals surface area contributed by atoms with Gasteiger partial charge in [0.05, 0.1) is 0 Å². The zero-order chi connectivity index (χ0) is 12.7. The Labute approximate surface area is 110 Å². The Morgan fingerprint density at radius 1 is 1.11 bits per heavy atom. The lowest BCUT2D eigenvalue weighted by molar-refractivity contribution is 0.251. The molecule has 2 aliphatic rings. The quantitative estimate of drug-likeness (QED) is 0.802. The molecule has 3 rings (SSSR count). The molecule has 1 saturated carbocycles. The largest absolute Gasteiger partial charge is 0.300 e. The van der Waals surface area contributed by atoms with E-state index >= 15 is 0 Å². The monoisotopic (exact) mass is 245 g/mol. The minimum Gasteiger partial charge on any atom is -0.300 e. The van der Waals surface area contributed by atoms with Crippen molar-refractivity contribution in [2.75, 3.05) is 13.1 Å². The molecule has 98 valence electrons. The molecule has 1 aliphatic carbocycles. The van der Waals surface area contributed by atoms with Gasteiger partial charge in [-0.2, -0.15) is 0 Å². The lowest BCUT2D eigenvalue weighted by atomic mass is 9.98. The van der Waals surface area contributed by atoms with Crippen LogP contribution in [0.5, 0.6) is 0 Å². The van der Waals surface area contributed by atoms with Crippen LogP contribution in [0.1, 0.15) is 44.0 Å². The fourth-order valence-electron chi connectivity index (χ4n) is 3.64. The molecule has 0 radical (unpaired) electrons. The molecule has 1 aromatic rings. The first kappa shape index (κ1) is 12.1. The topological polar surface area (TPSA) is 29.0 Å². The molecular weight excluding hydrogens is 222 g/mol. The van der Waals surface area contributed by atoms with E-state index in [9.17, 15) is 0 Å². The van der Waals surface area contributed by atoms with Crippen LogP contribution in [0, 0.1) is 18.8 Å². The summed E-state index contributed by atoms with van der Waals surface area (Å²) >= 11 is 0. The molecule has 0 amide bonds. The molecule has 3 nitrogen and oxygen atoms in total. The van der Waals surface area contributed by atoms with E-state index in [4.69, 9.17) is 0 Å². The highest BCUT2D eigenvalue weighted by Crippen LogP contribution is 2.46. The molecule has 2 fully saturated rings. The average Bonchev–Trinajstić information content (AvgIpc) is 2.87. The smallest absolute Gasteiger partial charge is 0.125 e. The molecule has 1 saturated heterocycles. The first-order chi connectivity index (χ1) is 8.63. The van der Waals surface area contributed by atoms with Crippen molar-refractivity contribution >= 4 is 0 Å². The molecule has 2 atom stereocenters. The van der Waals surface area contributed by atoms with E-state index in [1.165, 1.54) is 31.5 Å². The van der Waals surface area contributed by atoms with Crippen molar-refractivity contribution in [2.45, 2.75) is 45.6 Å². The van der Waals surface area contributed by atoms with Gasteiger partial charge in [-0.05, 0) is 56.9 Å². The van der Waals surface area contributed by atoms with Crippen LogP contribution in [0.4, 0.5) is 0 Å². The zero-order valence-corrected chi connectivity index (χ0v) is 11.6. The highest BCUT2D eigenvalue weighted by Gasteiger charge is 2.41. The zero-order valence-electron chi connectivity index (χ0n) is 11.6. The van der Waals surface area contributed by atoms with Crippen molar-refractivity contribution in [3.63, 3.8) is 0 Å². The van der Waals surface area contributed by atoms with Crippen molar-refractivity contribution in [1.29, 1.82) is 0 Å².